The Morgan fingerprint density at radius 1 is 1.44 bits per heavy atom. The van der Waals surface area contributed by atoms with E-state index in [9.17, 15) is 4.79 Å². The van der Waals surface area contributed by atoms with Gasteiger partial charge in [0.2, 0.25) is 0 Å². The molecule has 2 aromatic rings. The highest BCUT2D eigenvalue weighted by atomic mass is 16.5. The van der Waals surface area contributed by atoms with Crippen LogP contribution in [-0.4, -0.2) is 29.7 Å². The molecule has 5 nitrogen and oxygen atoms in total. The molecule has 0 bridgehead atoms. The summed E-state index contributed by atoms with van der Waals surface area (Å²) in [6.07, 6.45) is 0.890. The summed E-state index contributed by atoms with van der Waals surface area (Å²) in [5.74, 6) is 1.37. The number of carbonyl (C=O) groups is 1. The first-order valence-electron chi connectivity index (χ1n) is 5.91. The third-order valence-corrected chi connectivity index (χ3v) is 2.61. The molecular formula is C13H16N2O3. The zero-order valence-corrected chi connectivity index (χ0v) is 10.5. The van der Waals surface area contributed by atoms with E-state index in [0.717, 1.165) is 22.6 Å². The van der Waals surface area contributed by atoms with E-state index in [1.165, 1.54) is 0 Å². The normalized spacial score (nSPS) is 10.6. The lowest BCUT2D eigenvalue weighted by atomic mass is 10.3. The summed E-state index contributed by atoms with van der Waals surface area (Å²) in [4.78, 5) is 18.8. The van der Waals surface area contributed by atoms with E-state index < -0.39 is 0 Å². The van der Waals surface area contributed by atoms with Crippen LogP contribution in [0.3, 0.4) is 0 Å². The molecule has 0 radical (unpaired) electrons. The van der Waals surface area contributed by atoms with Crippen LogP contribution in [0.15, 0.2) is 18.2 Å². The van der Waals surface area contributed by atoms with Crippen molar-refractivity contribution in [2.24, 2.45) is 0 Å². The largest absolute Gasteiger partial charge is 0.497 e. The lowest BCUT2D eigenvalue weighted by molar-refractivity contribution is -0.143. The first kappa shape index (κ1) is 12.4. The monoisotopic (exact) mass is 248 g/mol. The van der Waals surface area contributed by atoms with Gasteiger partial charge in [-0.15, -0.1) is 0 Å². The molecule has 0 amide bonds. The molecule has 0 saturated carbocycles. The number of aromatic nitrogens is 2. The van der Waals surface area contributed by atoms with E-state index in [-0.39, 0.29) is 5.97 Å². The zero-order chi connectivity index (χ0) is 13.0. The zero-order valence-electron chi connectivity index (χ0n) is 10.5. The van der Waals surface area contributed by atoms with Crippen LogP contribution in [0.5, 0.6) is 5.75 Å². The molecule has 18 heavy (non-hydrogen) atoms. The third kappa shape index (κ3) is 2.80. The van der Waals surface area contributed by atoms with Crippen molar-refractivity contribution in [3.8, 4) is 5.75 Å². The maximum Gasteiger partial charge on any atom is 0.306 e. The molecule has 0 unspecified atom stereocenters. The number of nitrogens with zero attached hydrogens (tertiary/aromatic N) is 1. The molecule has 1 aromatic heterocycles. The Labute approximate surface area is 105 Å². The summed E-state index contributed by atoms with van der Waals surface area (Å²) in [7, 11) is 1.62. The highest BCUT2D eigenvalue weighted by Gasteiger charge is 2.07. The minimum atomic E-state index is -0.199. The van der Waals surface area contributed by atoms with Crippen molar-refractivity contribution in [2.45, 2.75) is 19.8 Å². The molecule has 96 valence electrons. The summed E-state index contributed by atoms with van der Waals surface area (Å²) < 4.78 is 10.0. The fourth-order valence-corrected chi connectivity index (χ4v) is 1.74. The van der Waals surface area contributed by atoms with Crippen LogP contribution in [0, 0.1) is 0 Å². The second kappa shape index (κ2) is 5.53. The molecule has 0 atom stereocenters. The molecule has 1 N–H and O–H groups in total. The van der Waals surface area contributed by atoms with Gasteiger partial charge in [0.1, 0.15) is 11.6 Å². The third-order valence-electron chi connectivity index (χ3n) is 2.61. The number of rotatable bonds is 5. The predicted molar refractivity (Wildman–Crippen MR) is 67.6 cm³/mol. The smallest absolute Gasteiger partial charge is 0.306 e. The van der Waals surface area contributed by atoms with Gasteiger partial charge < -0.3 is 14.5 Å². The number of benzene rings is 1. The van der Waals surface area contributed by atoms with Crippen LogP contribution in [0.25, 0.3) is 11.0 Å². The lowest BCUT2D eigenvalue weighted by Crippen LogP contribution is -2.05. The number of aromatic amines is 1. The summed E-state index contributed by atoms with van der Waals surface area (Å²) in [5.41, 5.74) is 1.78. The van der Waals surface area contributed by atoms with Gasteiger partial charge in [-0.3, -0.25) is 4.79 Å². The molecular weight excluding hydrogens is 232 g/mol. The topological polar surface area (TPSA) is 64.2 Å². The lowest BCUT2D eigenvalue weighted by Gasteiger charge is -1.99. The van der Waals surface area contributed by atoms with Crippen molar-refractivity contribution < 1.29 is 14.3 Å². The van der Waals surface area contributed by atoms with Crippen molar-refractivity contribution in [3.05, 3.63) is 24.0 Å². The van der Waals surface area contributed by atoms with Crippen LogP contribution < -0.4 is 4.74 Å². The fourth-order valence-electron chi connectivity index (χ4n) is 1.74. The van der Waals surface area contributed by atoms with Gasteiger partial charge in [0, 0.05) is 12.5 Å². The van der Waals surface area contributed by atoms with E-state index >= 15 is 0 Å². The van der Waals surface area contributed by atoms with Crippen LogP contribution in [0.1, 0.15) is 19.2 Å². The van der Waals surface area contributed by atoms with Gasteiger partial charge in [-0.25, -0.2) is 4.98 Å². The summed E-state index contributed by atoms with van der Waals surface area (Å²) in [6.45, 7) is 2.21. The van der Waals surface area contributed by atoms with E-state index in [2.05, 4.69) is 9.97 Å². The minimum absolute atomic E-state index is 0.199. The fraction of sp³-hybridized carbons (Fsp3) is 0.385. The Morgan fingerprint density at radius 3 is 3.00 bits per heavy atom. The second-order valence-electron chi connectivity index (χ2n) is 3.87. The van der Waals surface area contributed by atoms with Crippen LogP contribution >= 0.6 is 0 Å². The molecule has 0 aliphatic rings. The first-order valence-corrected chi connectivity index (χ1v) is 5.91. The maximum atomic E-state index is 11.2. The molecule has 1 heterocycles. The van der Waals surface area contributed by atoms with E-state index in [4.69, 9.17) is 9.47 Å². The van der Waals surface area contributed by atoms with Gasteiger partial charge in [0.15, 0.2) is 0 Å². The quantitative estimate of drug-likeness (QED) is 0.823. The van der Waals surface area contributed by atoms with Crippen molar-refractivity contribution in [1.82, 2.24) is 9.97 Å². The minimum Gasteiger partial charge on any atom is -0.497 e. The number of nitrogens with one attached hydrogen (secondary N) is 1. The van der Waals surface area contributed by atoms with Gasteiger partial charge in [0.05, 0.1) is 31.2 Å². The number of fused-ring (bicyclic) bond motifs is 1. The number of H-pyrrole nitrogens is 1. The average Bonchev–Trinajstić information content (AvgIpc) is 2.78. The van der Waals surface area contributed by atoms with Crippen molar-refractivity contribution in [2.75, 3.05) is 13.7 Å². The van der Waals surface area contributed by atoms with Gasteiger partial charge in [-0.2, -0.15) is 0 Å². The Hall–Kier alpha value is -2.04. The van der Waals surface area contributed by atoms with Crippen molar-refractivity contribution in [1.29, 1.82) is 0 Å². The summed E-state index contributed by atoms with van der Waals surface area (Å²) in [6, 6.07) is 5.63. The predicted octanol–water partition coefficient (Wildman–Crippen LogP) is 2.07. The van der Waals surface area contributed by atoms with E-state index in [0.29, 0.717) is 19.4 Å². The van der Waals surface area contributed by atoms with Gasteiger partial charge in [0.25, 0.3) is 0 Å². The van der Waals surface area contributed by atoms with Crippen LogP contribution in [-0.2, 0) is 16.0 Å². The van der Waals surface area contributed by atoms with E-state index in [1.807, 2.05) is 18.2 Å². The van der Waals surface area contributed by atoms with Crippen LogP contribution in [0.4, 0.5) is 0 Å². The number of esters is 1. The molecule has 0 aliphatic carbocycles. The summed E-state index contributed by atoms with van der Waals surface area (Å²) >= 11 is 0. The van der Waals surface area contributed by atoms with Crippen LogP contribution in [0.2, 0.25) is 0 Å². The first-order chi connectivity index (χ1) is 8.72. The highest BCUT2D eigenvalue weighted by Crippen LogP contribution is 2.19. The number of carbonyl (C=O) groups excluding carboxylic acids is 1. The van der Waals surface area contributed by atoms with E-state index in [1.54, 1.807) is 14.0 Å². The molecule has 0 spiro atoms. The number of imidazole rings is 1. The Kier molecular flexibility index (Phi) is 3.82. The van der Waals surface area contributed by atoms with Gasteiger partial charge in [-0.05, 0) is 19.1 Å². The molecule has 5 heteroatoms. The Morgan fingerprint density at radius 2 is 2.28 bits per heavy atom. The molecule has 2 rings (SSSR count). The average molecular weight is 248 g/mol. The Bertz CT molecular complexity index is 548. The van der Waals surface area contributed by atoms with Crippen molar-refractivity contribution in [3.63, 3.8) is 0 Å². The number of hydrogen-bond donors (Lipinski definition) is 1. The van der Waals surface area contributed by atoms with Gasteiger partial charge >= 0.3 is 5.97 Å². The number of ether oxygens (including phenoxy) is 2. The SMILES string of the molecule is CCOC(=O)CCc1nc2ccc(OC)cc2[nH]1. The van der Waals surface area contributed by atoms with Gasteiger partial charge in [-0.1, -0.05) is 0 Å². The van der Waals surface area contributed by atoms with Crippen molar-refractivity contribution >= 4 is 17.0 Å². The Balaban J connectivity index is 2.08. The summed E-state index contributed by atoms with van der Waals surface area (Å²) in [5, 5.41) is 0. The highest BCUT2D eigenvalue weighted by molar-refractivity contribution is 5.77. The molecule has 0 fully saturated rings. The standard InChI is InChI=1S/C13H16N2O3/c1-3-18-13(16)7-6-12-14-10-5-4-9(17-2)8-11(10)15-12/h4-5,8H,3,6-7H2,1-2H3,(H,14,15). The molecule has 0 saturated heterocycles. The molecule has 0 aliphatic heterocycles. The molecule has 1 aromatic carbocycles. The maximum absolute atomic E-state index is 11.2. The number of hydrogen-bond acceptors (Lipinski definition) is 4. The second-order valence-corrected chi connectivity index (χ2v) is 3.87. The number of aryl methyl sites for hydroxylation is 1. The number of methoxy groups -OCH3 is 1.